The number of hydrogen-bond acceptors (Lipinski definition) is 5. The highest BCUT2D eigenvalue weighted by molar-refractivity contribution is 5.99. The highest BCUT2D eigenvalue weighted by Gasteiger charge is 2.32. The molecule has 0 spiro atoms. The van der Waals surface area contributed by atoms with Gasteiger partial charge < -0.3 is 14.4 Å². The average molecular weight is 510 g/mol. The van der Waals surface area contributed by atoms with Crippen molar-refractivity contribution >= 4 is 17.6 Å². The molecule has 0 fully saturated rings. The molecule has 1 atom stereocenters. The van der Waals surface area contributed by atoms with E-state index in [4.69, 9.17) is 9.47 Å². The summed E-state index contributed by atoms with van der Waals surface area (Å²) in [6.07, 6.45) is -0.678. The van der Waals surface area contributed by atoms with Gasteiger partial charge in [-0.15, -0.1) is 0 Å². The van der Waals surface area contributed by atoms with E-state index in [0.29, 0.717) is 41.6 Å². The number of unbranched alkanes of at least 4 members (excludes halogenated alkanes) is 1. The summed E-state index contributed by atoms with van der Waals surface area (Å²) in [6.45, 7) is 7.37. The Morgan fingerprint density at radius 2 is 1.89 bits per heavy atom. The minimum atomic E-state index is -4.71. The SMILES string of the molecule is CCC/C=C(\O/C(C)=N\C)c1ccccc1C(=O)N(CC)[C@@H](C)COc1ncc(C(F)(F)F)cc1F. The molecule has 1 amide bonds. The Balaban J connectivity index is 2.26. The maximum absolute atomic E-state index is 14.1. The molecule has 2 aromatic rings. The minimum absolute atomic E-state index is 0.173. The second kappa shape index (κ2) is 13.0. The van der Waals surface area contributed by atoms with Crippen molar-refractivity contribution in [2.24, 2.45) is 4.99 Å². The van der Waals surface area contributed by atoms with Gasteiger partial charge in [0, 0.05) is 32.3 Å². The summed E-state index contributed by atoms with van der Waals surface area (Å²) < 4.78 is 63.6. The number of likely N-dealkylation sites (N-methyl/N-ethyl adjacent to an activating group) is 1. The molecule has 1 aromatic heterocycles. The summed E-state index contributed by atoms with van der Waals surface area (Å²) >= 11 is 0. The number of carbonyl (C=O) groups excluding carboxylic acids is 1. The fourth-order valence-corrected chi connectivity index (χ4v) is 3.36. The first kappa shape index (κ1) is 28.8. The van der Waals surface area contributed by atoms with Gasteiger partial charge in [0.1, 0.15) is 12.4 Å². The lowest BCUT2D eigenvalue weighted by molar-refractivity contribution is -0.138. The zero-order valence-corrected chi connectivity index (χ0v) is 21.0. The number of nitrogens with zero attached hydrogens (tertiary/aromatic N) is 3. The van der Waals surface area contributed by atoms with Crippen LogP contribution in [0.1, 0.15) is 62.0 Å². The first-order chi connectivity index (χ1) is 17.0. The first-order valence-corrected chi connectivity index (χ1v) is 11.6. The maximum atomic E-state index is 14.1. The molecule has 0 aliphatic heterocycles. The van der Waals surface area contributed by atoms with Crippen LogP contribution in [0.5, 0.6) is 5.88 Å². The molecule has 1 heterocycles. The molecule has 10 heteroatoms. The molecule has 6 nitrogen and oxygen atoms in total. The fraction of sp³-hybridized carbons (Fsp3) is 0.423. The first-order valence-electron chi connectivity index (χ1n) is 11.6. The number of halogens is 4. The number of hydrogen-bond donors (Lipinski definition) is 0. The third-order valence-electron chi connectivity index (χ3n) is 5.34. The number of aromatic nitrogens is 1. The van der Waals surface area contributed by atoms with Gasteiger partial charge in [0.25, 0.3) is 5.91 Å². The predicted molar refractivity (Wildman–Crippen MR) is 130 cm³/mol. The fourth-order valence-electron chi connectivity index (χ4n) is 3.36. The van der Waals surface area contributed by atoms with Crippen LogP contribution in [-0.2, 0) is 10.9 Å². The molecule has 36 heavy (non-hydrogen) atoms. The van der Waals surface area contributed by atoms with Crippen molar-refractivity contribution in [2.75, 3.05) is 20.2 Å². The predicted octanol–water partition coefficient (Wildman–Crippen LogP) is 6.37. The zero-order chi connectivity index (χ0) is 26.9. The van der Waals surface area contributed by atoms with Gasteiger partial charge in [-0.05, 0) is 38.5 Å². The summed E-state index contributed by atoms with van der Waals surface area (Å²) in [5.74, 6) is -1.14. The van der Waals surface area contributed by atoms with Crippen molar-refractivity contribution in [2.45, 2.75) is 52.8 Å². The van der Waals surface area contributed by atoms with Crippen LogP contribution >= 0.6 is 0 Å². The third kappa shape index (κ3) is 7.53. The number of benzene rings is 1. The molecule has 0 saturated carbocycles. The normalized spacial score (nSPS) is 13.4. The van der Waals surface area contributed by atoms with Crippen molar-refractivity contribution in [1.29, 1.82) is 0 Å². The number of amides is 1. The average Bonchev–Trinajstić information content (AvgIpc) is 2.85. The van der Waals surface area contributed by atoms with Crippen molar-refractivity contribution in [1.82, 2.24) is 9.88 Å². The maximum Gasteiger partial charge on any atom is 0.417 e. The monoisotopic (exact) mass is 509 g/mol. The summed E-state index contributed by atoms with van der Waals surface area (Å²) in [5.41, 5.74) is -0.211. The molecule has 0 radical (unpaired) electrons. The summed E-state index contributed by atoms with van der Waals surface area (Å²) in [6, 6.07) is 6.81. The molecule has 1 aromatic carbocycles. The van der Waals surface area contributed by atoms with E-state index in [1.165, 1.54) is 4.90 Å². The molecule has 2 rings (SSSR count). The van der Waals surface area contributed by atoms with Gasteiger partial charge in [-0.2, -0.15) is 13.2 Å². The van der Waals surface area contributed by atoms with Crippen LogP contribution in [0.2, 0.25) is 0 Å². The van der Waals surface area contributed by atoms with Crippen molar-refractivity contribution in [3.8, 4) is 5.88 Å². The van der Waals surface area contributed by atoms with Crippen molar-refractivity contribution < 1.29 is 31.8 Å². The Morgan fingerprint density at radius 1 is 1.22 bits per heavy atom. The molecule has 0 N–H and O–H groups in total. The Labute approximate surface area is 208 Å². The summed E-state index contributed by atoms with van der Waals surface area (Å²) in [4.78, 5) is 22.6. The zero-order valence-electron chi connectivity index (χ0n) is 21.0. The van der Waals surface area contributed by atoms with E-state index in [2.05, 4.69) is 9.98 Å². The number of ether oxygens (including phenoxy) is 2. The van der Waals surface area contributed by atoms with E-state index in [-0.39, 0.29) is 12.5 Å². The van der Waals surface area contributed by atoms with Crippen LogP contribution in [0.4, 0.5) is 17.6 Å². The molecule has 0 aliphatic carbocycles. The highest BCUT2D eigenvalue weighted by Crippen LogP contribution is 2.31. The third-order valence-corrected chi connectivity index (χ3v) is 5.34. The van der Waals surface area contributed by atoms with E-state index < -0.39 is 29.5 Å². The van der Waals surface area contributed by atoms with Crippen LogP contribution in [0.3, 0.4) is 0 Å². The second-order valence-electron chi connectivity index (χ2n) is 8.01. The largest absolute Gasteiger partial charge is 0.473 e. The Morgan fingerprint density at radius 3 is 2.44 bits per heavy atom. The number of pyridine rings is 1. The Hall–Kier alpha value is -3.43. The Kier molecular flexibility index (Phi) is 10.4. The van der Waals surface area contributed by atoms with E-state index >= 15 is 0 Å². The van der Waals surface area contributed by atoms with Crippen LogP contribution in [0, 0.1) is 5.82 Å². The molecular weight excluding hydrogens is 478 g/mol. The van der Waals surface area contributed by atoms with Gasteiger partial charge >= 0.3 is 6.18 Å². The van der Waals surface area contributed by atoms with Gasteiger partial charge in [0.2, 0.25) is 5.88 Å². The number of aliphatic imine (C=N–C) groups is 1. The number of carbonyl (C=O) groups is 1. The topological polar surface area (TPSA) is 64.0 Å². The van der Waals surface area contributed by atoms with Gasteiger partial charge in [0.05, 0.1) is 17.2 Å². The van der Waals surface area contributed by atoms with Gasteiger partial charge in [0.15, 0.2) is 11.7 Å². The highest BCUT2D eigenvalue weighted by atomic mass is 19.4. The van der Waals surface area contributed by atoms with Crippen molar-refractivity contribution in [3.63, 3.8) is 0 Å². The van der Waals surface area contributed by atoms with E-state index in [9.17, 15) is 22.4 Å². The second-order valence-corrected chi connectivity index (χ2v) is 8.01. The lowest BCUT2D eigenvalue weighted by Gasteiger charge is -2.29. The molecule has 0 saturated heterocycles. The lowest BCUT2D eigenvalue weighted by Crippen LogP contribution is -2.42. The smallest absolute Gasteiger partial charge is 0.417 e. The standard InChI is InChI=1S/C26H31F4N3O3/c1-6-8-13-23(36-18(4)31-5)20-11-9-10-12-21(20)25(34)33(7-2)17(3)16-35-24-22(27)14-19(15-32-24)26(28,29)30/h9-15,17H,6-8,16H2,1-5H3/b23-13-,31-18-/t17-/m0/s1. The summed E-state index contributed by atoms with van der Waals surface area (Å²) in [5, 5.41) is 0. The number of rotatable bonds is 10. The van der Waals surface area contributed by atoms with Gasteiger partial charge in [-0.25, -0.2) is 9.37 Å². The van der Waals surface area contributed by atoms with Crippen molar-refractivity contribution in [3.05, 3.63) is 65.1 Å². The van der Waals surface area contributed by atoms with Crippen LogP contribution in [0.15, 0.2) is 47.6 Å². The van der Waals surface area contributed by atoms with E-state index in [0.717, 1.165) is 12.8 Å². The molecule has 0 bridgehead atoms. The van der Waals surface area contributed by atoms with Gasteiger partial charge in [-0.3, -0.25) is 9.79 Å². The van der Waals surface area contributed by atoms with Crippen LogP contribution < -0.4 is 4.74 Å². The quantitative estimate of drug-likeness (QED) is 0.161. The molecular formula is C26H31F4N3O3. The molecule has 0 aliphatic rings. The van der Waals surface area contributed by atoms with Crippen LogP contribution in [-0.4, -0.2) is 47.9 Å². The minimum Gasteiger partial charge on any atom is -0.473 e. The molecule has 0 unspecified atom stereocenters. The van der Waals surface area contributed by atoms with Gasteiger partial charge in [-0.1, -0.05) is 31.5 Å². The van der Waals surface area contributed by atoms with Crippen LogP contribution in [0.25, 0.3) is 5.76 Å². The Bertz CT molecular complexity index is 1100. The molecule has 196 valence electrons. The van der Waals surface area contributed by atoms with E-state index in [1.807, 2.05) is 13.0 Å². The van der Waals surface area contributed by atoms with E-state index in [1.54, 1.807) is 52.1 Å². The summed E-state index contributed by atoms with van der Waals surface area (Å²) in [7, 11) is 1.61. The number of allylic oxidation sites excluding steroid dienone is 1. The number of alkyl halides is 3. The lowest BCUT2D eigenvalue weighted by atomic mass is 10.0.